The quantitative estimate of drug-likeness (QED) is 0.277. The lowest BCUT2D eigenvalue weighted by molar-refractivity contribution is 0.0701. The van der Waals surface area contributed by atoms with Crippen LogP contribution in [0, 0.1) is 6.92 Å². The van der Waals surface area contributed by atoms with Crippen LogP contribution >= 0.6 is 11.3 Å². The molecule has 3 aromatic heterocycles. The van der Waals surface area contributed by atoms with Crippen LogP contribution in [-0.2, 0) is 16.4 Å². The highest BCUT2D eigenvalue weighted by Gasteiger charge is 2.18. The average molecular weight is 531 g/mol. The van der Waals surface area contributed by atoms with Gasteiger partial charge in [0.15, 0.2) is 32.0 Å². The molecule has 12 nitrogen and oxygen atoms in total. The Kier molecular flexibility index (Phi) is 7.19. The number of thiazole rings is 1. The summed E-state index contributed by atoms with van der Waals surface area (Å²) in [6, 6.07) is 6.66. The number of nitrogens with one attached hydrogen (secondary N) is 2. The van der Waals surface area contributed by atoms with Crippen molar-refractivity contribution >= 4 is 55.2 Å². The number of fused-ring (bicyclic) bond motifs is 1. The van der Waals surface area contributed by atoms with Gasteiger partial charge in [-0.05, 0) is 38.7 Å². The summed E-state index contributed by atoms with van der Waals surface area (Å²) in [7, 11) is 0.662. The van der Waals surface area contributed by atoms with Crippen LogP contribution in [0.15, 0.2) is 35.5 Å². The number of carboxylic acids is 1. The van der Waals surface area contributed by atoms with Crippen molar-refractivity contribution in [3.63, 3.8) is 0 Å². The number of aryl methyl sites for hydroxylation is 1. The number of nitrogens with zero attached hydrogens (tertiary/aromatic N) is 6. The van der Waals surface area contributed by atoms with Gasteiger partial charge < -0.3 is 19.9 Å². The molecular formula is C22H26N8O4S2. The van der Waals surface area contributed by atoms with Gasteiger partial charge in [0.1, 0.15) is 4.88 Å². The highest BCUT2D eigenvalue weighted by molar-refractivity contribution is 7.90. The first-order chi connectivity index (χ1) is 17.0. The number of imidazole rings is 1. The van der Waals surface area contributed by atoms with Gasteiger partial charge in [0, 0.05) is 19.3 Å². The van der Waals surface area contributed by atoms with Gasteiger partial charge >= 0.3 is 5.97 Å². The minimum Gasteiger partial charge on any atom is -0.477 e. The van der Waals surface area contributed by atoms with Crippen LogP contribution in [0.4, 0.5) is 16.9 Å². The Balaban J connectivity index is 1.69. The van der Waals surface area contributed by atoms with Crippen molar-refractivity contribution in [2.45, 2.75) is 18.4 Å². The van der Waals surface area contributed by atoms with Crippen molar-refractivity contribution < 1.29 is 18.3 Å². The summed E-state index contributed by atoms with van der Waals surface area (Å²) in [5.74, 6) is -0.266. The summed E-state index contributed by atoms with van der Waals surface area (Å²) < 4.78 is 25.4. The summed E-state index contributed by atoms with van der Waals surface area (Å²) in [5.41, 5.74) is 2.41. The molecule has 190 valence electrons. The van der Waals surface area contributed by atoms with Crippen molar-refractivity contribution in [3.05, 3.63) is 46.7 Å². The monoisotopic (exact) mass is 530 g/mol. The lowest BCUT2D eigenvalue weighted by Crippen LogP contribution is -2.21. The van der Waals surface area contributed by atoms with Crippen molar-refractivity contribution in [2.24, 2.45) is 0 Å². The zero-order chi connectivity index (χ0) is 26.0. The molecule has 1 aromatic carbocycles. The molecular weight excluding hydrogens is 504 g/mol. The Morgan fingerprint density at radius 2 is 1.89 bits per heavy atom. The van der Waals surface area contributed by atoms with Gasteiger partial charge in [0.05, 0.1) is 23.5 Å². The molecule has 0 aliphatic carbocycles. The summed E-state index contributed by atoms with van der Waals surface area (Å²) in [6.07, 6.45) is 2.83. The van der Waals surface area contributed by atoms with E-state index >= 15 is 0 Å². The van der Waals surface area contributed by atoms with E-state index in [4.69, 9.17) is 0 Å². The van der Waals surface area contributed by atoms with E-state index < -0.39 is 15.8 Å². The molecule has 14 heteroatoms. The highest BCUT2D eigenvalue weighted by Crippen LogP contribution is 2.27. The van der Waals surface area contributed by atoms with Crippen molar-refractivity contribution in [2.75, 3.05) is 44.1 Å². The zero-order valence-electron chi connectivity index (χ0n) is 20.2. The molecule has 3 heterocycles. The Morgan fingerprint density at radius 3 is 2.50 bits per heavy atom. The maximum atomic E-state index is 11.8. The minimum absolute atomic E-state index is 0.144. The number of rotatable bonds is 10. The van der Waals surface area contributed by atoms with E-state index in [0.717, 1.165) is 23.4 Å². The molecule has 0 saturated carbocycles. The third kappa shape index (κ3) is 5.78. The molecule has 0 amide bonds. The number of hydrogen-bond acceptors (Lipinski definition) is 11. The van der Waals surface area contributed by atoms with Crippen LogP contribution in [-0.4, -0.2) is 82.3 Å². The fourth-order valence-corrected chi connectivity index (χ4v) is 4.85. The van der Waals surface area contributed by atoms with E-state index in [1.54, 1.807) is 37.5 Å². The molecule has 3 N–H and O–H groups in total. The largest absolute Gasteiger partial charge is 0.477 e. The Hall–Kier alpha value is -3.62. The topological polar surface area (TPSA) is 155 Å². The number of hydrogen-bond donors (Lipinski definition) is 3. The van der Waals surface area contributed by atoms with Gasteiger partial charge in [-0.25, -0.2) is 23.2 Å². The van der Waals surface area contributed by atoms with Gasteiger partial charge in [-0.15, -0.1) is 0 Å². The zero-order valence-corrected chi connectivity index (χ0v) is 21.8. The van der Waals surface area contributed by atoms with Crippen LogP contribution in [0.2, 0.25) is 0 Å². The molecule has 0 spiro atoms. The molecule has 0 fully saturated rings. The number of aromatic carboxylic acids is 1. The molecule has 0 radical (unpaired) electrons. The summed E-state index contributed by atoms with van der Waals surface area (Å²) in [6.45, 7) is 3.44. The van der Waals surface area contributed by atoms with Crippen LogP contribution < -0.4 is 10.6 Å². The Labute approximate surface area is 212 Å². The van der Waals surface area contributed by atoms with Gasteiger partial charge in [0.25, 0.3) is 0 Å². The molecule has 0 atom stereocenters. The normalized spacial score (nSPS) is 11.8. The van der Waals surface area contributed by atoms with Gasteiger partial charge in [-0.1, -0.05) is 23.5 Å². The molecule has 0 unspecified atom stereocenters. The second-order valence-electron chi connectivity index (χ2n) is 8.45. The number of carbonyl (C=O) groups is 1. The highest BCUT2D eigenvalue weighted by atomic mass is 32.2. The molecule has 4 aromatic rings. The molecule has 0 bridgehead atoms. The Bertz CT molecular complexity index is 1510. The molecule has 36 heavy (non-hydrogen) atoms. The van der Waals surface area contributed by atoms with Crippen LogP contribution in [0.3, 0.4) is 0 Å². The summed E-state index contributed by atoms with van der Waals surface area (Å²) >= 11 is 1.01. The smallest absolute Gasteiger partial charge is 0.347 e. The summed E-state index contributed by atoms with van der Waals surface area (Å²) in [5, 5.41) is 16.0. The third-order valence-electron chi connectivity index (χ3n) is 5.23. The summed E-state index contributed by atoms with van der Waals surface area (Å²) in [4.78, 5) is 31.8. The second kappa shape index (κ2) is 10.2. The average Bonchev–Trinajstić information content (AvgIpc) is 3.36. The van der Waals surface area contributed by atoms with E-state index in [1.807, 2.05) is 23.6 Å². The van der Waals surface area contributed by atoms with E-state index in [2.05, 4.69) is 30.6 Å². The van der Waals surface area contributed by atoms with Crippen LogP contribution in [0.1, 0.15) is 20.9 Å². The van der Waals surface area contributed by atoms with Crippen LogP contribution in [0.25, 0.3) is 11.2 Å². The first kappa shape index (κ1) is 25.5. The lowest BCUT2D eigenvalue weighted by Gasteiger charge is -2.12. The molecule has 0 aliphatic rings. The third-order valence-corrected chi connectivity index (χ3v) is 7.42. The maximum absolute atomic E-state index is 11.8. The number of aromatic nitrogens is 5. The van der Waals surface area contributed by atoms with E-state index in [0.29, 0.717) is 40.9 Å². The standard InChI is InChI=1S/C22H26N8O4S2/c1-13-17(20(31)32)35-22(25-13)28-21-26-18(23-9-10-29(2)3)16-19(27-21)30(12-24-16)11-14-5-7-15(8-6-14)36(4,33)34/h5-8,12H,9-11H2,1-4H3,(H,31,32)(H2,23,25,26,27,28). The fourth-order valence-electron chi connectivity index (χ4n) is 3.42. The fraction of sp³-hybridized carbons (Fsp3) is 0.318. The van der Waals surface area contributed by atoms with Crippen LogP contribution in [0.5, 0.6) is 0 Å². The Morgan fingerprint density at radius 1 is 1.17 bits per heavy atom. The van der Waals surface area contributed by atoms with Gasteiger partial charge in [-0.2, -0.15) is 9.97 Å². The number of anilines is 3. The maximum Gasteiger partial charge on any atom is 0.347 e. The van der Waals surface area contributed by atoms with E-state index in [-0.39, 0.29) is 15.7 Å². The van der Waals surface area contributed by atoms with Crippen molar-refractivity contribution in [3.8, 4) is 0 Å². The lowest BCUT2D eigenvalue weighted by atomic mass is 10.2. The number of sulfone groups is 1. The predicted molar refractivity (Wildman–Crippen MR) is 138 cm³/mol. The van der Waals surface area contributed by atoms with Gasteiger partial charge in [-0.3, -0.25) is 5.32 Å². The minimum atomic E-state index is -3.28. The number of likely N-dealkylation sites (N-methyl/N-ethyl adjacent to an activating group) is 1. The number of carboxylic acid groups (broad SMARTS) is 1. The predicted octanol–water partition coefficient (Wildman–Crippen LogP) is 2.46. The van der Waals surface area contributed by atoms with Gasteiger partial charge in [0.2, 0.25) is 5.95 Å². The first-order valence-electron chi connectivity index (χ1n) is 10.9. The first-order valence-corrected chi connectivity index (χ1v) is 13.6. The van der Waals surface area contributed by atoms with Crippen molar-refractivity contribution in [1.82, 2.24) is 29.4 Å². The molecule has 0 aliphatic heterocycles. The number of benzene rings is 1. The SMILES string of the molecule is Cc1nc(Nc2nc(NCCN(C)C)c3ncn(Cc4ccc(S(C)(=O)=O)cc4)c3n2)sc1C(=O)O. The second-order valence-corrected chi connectivity index (χ2v) is 11.5. The molecule has 4 rings (SSSR count). The van der Waals surface area contributed by atoms with E-state index in [9.17, 15) is 18.3 Å². The van der Waals surface area contributed by atoms with E-state index in [1.165, 1.54) is 6.26 Å². The van der Waals surface area contributed by atoms with Crippen molar-refractivity contribution in [1.29, 1.82) is 0 Å². The molecule has 0 saturated heterocycles.